The fourth-order valence-corrected chi connectivity index (χ4v) is 0.282. The van der Waals surface area contributed by atoms with Gasteiger partial charge in [-0.25, -0.2) is 0 Å². The van der Waals surface area contributed by atoms with E-state index in [9.17, 15) is 8.78 Å². The summed E-state index contributed by atoms with van der Waals surface area (Å²) in [6, 6.07) is 0. The van der Waals surface area contributed by atoms with Crippen LogP contribution in [0.15, 0.2) is 23.1 Å². The van der Waals surface area contributed by atoms with Crippen LogP contribution in [-0.2, 0) is 0 Å². The zero-order valence-corrected chi connectivity index (χ0v) is 3.76. The van der Waals surface area contributed by atoms with E-state index >= 15 is 0 Å². The van der Waals surface area contributed by atoms with Crippen molar-refractivity contribution in [3.63, 3.8) is 0 Å². The molecule has 8 heavy (non-hydrogen) atoms. The minimum Gasteiger partial charge on any atom is -0.187 e. The van der Waals surface area contributed by atoms with Gasteiger partial charge in [-0.2, -0.15) is 8.78 Å². The molecule has 0 aromatic carbocycles. The Hall–Kier alpha value is -1.28. The smallest absolute Gasteiger partial charge is 0.187 e. The van der Waals surface area contributed by atoms with Gasteiger partial charge in [-0.15, -0.1) is 0 Å². The van der Waals surface area contributed by atoms with Crippen molar-refractivity contribution in [2.45, 2.75) is 0 Å². The highest BCUT2D eigenvalue weighted by molar-refractivity contribution is 5.34. The molecule has 0 nitrogen and oxygen atoms in total. The maximum absolute atomic E-state index is 11.7. The highest BCUT2D eigenvalue weighted by Crippen LogP contribution is 1.97. The molecule has 1 aliphatic carbocycles. The Kier molecular flexibility index (Phi) is 1.02. The minimum absolute atomic E-state index is 0.772. The fourth-order valence-electron chi connectivity index (χ4n) is 0.282. The van der Waals surface area contributed by atoms with Gasteiger partial charge in [0.25, 0.3) is 0 Å². The predicted molar refractivity (Wildman–Crippen MR) is 24.0 cm³/mol. The molecule has 0 aliphatic heterocycles. The van der Waals surface area contributed by atoms with Crippen LogP contribution in [-0.4, -0.2) is 0 Å². The molecule has 0 spiro atoms. The Labute approximate surface area is 44.8 Å². The van der Waals surface area contributed by atoms with Crippen LogP contribution in [0, 0.1) is 11.8 Å². The number of hydrogen-bond donors (Lipinski definition) is 0. The molecule has 0 aromatic heterocycles. The summed E-state index contributed by atoms with van der Waals surface area (Å²) < 4.78 is 23.5. The first-order valence-electron chi connectivity index (χ1n) is 1.88. The molecule has 2 heteroatoms. The van der Waals surface area contributed by atoms with E-state index in [0.29, 0.717) is 0 Å². The third kappa shape index (κ3) is 0.859. The van der Waals surface area contributed by atoms with E-state index < -0.39 is 11.7 Å². The van der Waals surface area contributed by atoms with Crippen molar-refractivity contribution in [3.8, 4) is 11.8 Å². The molecule has 0 N–H and O–H groups in total. The van der Waals surface area contributed by atoms with Gasteiger partial charge < -0.3 is 0 Å². The predicted octanol–water partition coefficient (Wildman–Crippen LogP) is 1.46. The first-order valence-corrected chi connectivity index (χ1v) is 1.88. The summed E-state index contributed by atoms with van der Waals surface area (Å²) in [4.78, 5) is 0. The summed E-state index contributed by atoms with van der Waals surface area (Å²) in [5, 5.41) is 0. The third-order valence-corrected chi connectivity index (χ3v) is 0.564. The number of halogens is 2. The number of hydrogen-bond acceptors (Lipinski definition) is 0. The van der Waals surface area contributed by atoms with Gasteiger partial charge in [0.05, 0.1) is 0 Å². The van der Waals surface area contributed by atoms with Crippen molar-refractivity contribution >= 4 is 0 Å². The number of rotatable bonds is 0. The van der Waals surface area contributed by atoms with Crippen LogP contribution < -0.4 is 0 Å². The second-order valence-corrected chi connectivity index (χ2v) is 1.13. The lowest BCUT2D eigenvalue weighted by atomic mass is 10.4. The minimum atomic E-state index is -0.772. The normalized spacial score (nSPS) is 13.8. The van der Waals surface area contributed by atoms with Crippen LogP contribution in [0.4, 0.5) is 8.78 Å². The molecule has 38 valence electrons. The maximum Gasteiger partial charge on any atom is 0.224 e. The van der Waals surface area contributed by atoms with E-state index in [4.69, 9.17) is 0 Å². The Morgan fingerprint density at radius 3 is 1.50 bits per heavy atom. The maximum atomic E-state index is 11.7. The van der Waals surface area contributed by atoms with Gasteiger partial charge in [0, 0.05) is 0 Å². The largest absolute Gasteiger partial charge is 0.224 e. The van der Waals surface area contributed by atoms with Crippen molar-refractivity contribution in [3.05, 3.63) is 23.1 Å². The number of allylic oxidation sites excluding steroid dienone is 2. The van der Waals surface area contributed by atoms with Gasteiger partial charge in [-0.05, 0) is 23.3 Å². The van der Waals surface area contributed by atoms with Gasteiger partial charge in [-0.3, -0.25) is 0 Å². The van der Waals surface area contributed by atoms with Crippen molar-refractivity contribution in [1.29, 1.82) is 0 Å². The van der Waals surface area contributed by atoms with E-state index in [2.05, 4.69) is 0 Å². The van der Waals surface area contributed by atoms with Crippen LogP contribution in [0.2, 0.25) is 0 Å². The first-order chi connectivity index (χ1) is 3.79. The molecule has 0 radical (unpaired) electrons. The zero-order valence-electron chi connectivity index (χ0n) is 3.76. The highest BCUT2D eigenvalue weighted by atomic mass is 19.1. The summed E-state index contributed by atoms with van der Waals surface area (Å²) >= 11 is 0. The van der Waals surface area contributed by atoms with Crippen LogP contribution in [0.1, 0.15) is 0 Å². The first kappa shape index (κ1) is 4.87. The average molecular weight is 110 g/mol. The molecule has 1 aliphatic rings. The third-order valence-electron chi connectivity index (χ3n) is 0.564. The molecule has 0 amide bonds. The van der Waals surface area contributed by atoms with Crippen LogP contribution in [0.3, 0.4) is 0 Å². The summed E-state index contributed by atoms with van der Waals surface area (Å²) in [6.45, 7) is 0. The molecule has 0 unspecified atom stereocenters. The second-order valence-electron chi connectivity index (χ2n) is 1.13. The van der Waals surface area contributed by atoms with Crippen LogP contribution in [0.25, 0.3) is 0 Å². The molecule has 0 aromatic rings. The molecule has 1 rings (SSSR count). The van der Waals surface area contributed by atoms with Crippen molar-refractivity contribution in [1.82, 2.24) is 0 Å². The Morgan fingerprint density at radius 2 is 1.25 bits per heavy atom. The Bertz CT molecular complexity index is 237. The quantitative estimate of drug-likeness (QED) is 0.327. The molecule has 0 heterocycles. The summed E-state index contributed by atoms with van der Waals surface area (Å²) in [6.07, 6.45) is 0. The summed E-state index contributed by atoms with van der Waals surface area (Å²) in [5.41, 5.74) is 3.69. The lowest BCUT2D eigenvalue weighted by molar-refractivity contribution is 0.662. The molecule has 0 fully saturated rings. The molecular formula is C6F2. The van der Waals surface area contributed by atoms with Crippen molar-refractivity contribution in [2.75, 3.05) is 0 Å². The SMILES string of the molecule is FC1=C=C=C(F)C#C1. The lowest BCUT2D eigenvalue weighted by Gasteiger charge is -1.76. The van der Waals surface area contributed by atoms with Gasteiger partial charge in [-0.1, -0.05) is 0 Å². The molecule has 0 saturated heterocycles. The fraction of sp³-hybridized carbons (Fsp3) is 0. The zero-order chi connectivity index (χ0) is 5.98. The van der Waals surface area contributed by atoms with Crippen LogP contribution >= 0.6 is 0 Å². The lowest BCUT2D eigenvalue weighted by Crippen LogP contribution is -1.67. The van der Waals surface area contributed by atoms with Gasteiger partial charge in [0.2, 0.25) is 11.7 Å². The van der Waals surface area contributed by atoms with Crippen molar-refractivity contribution < 1.29 is 8.78 Å². The van der Waals surface area contributed by atoms with Gasteiger partial charge in [0.15, 0.2) is 0 Å². The standard InChI is InChI=1S/C6F2/c7-5-1-2-6(8)4-3-5. The summed E-state index contributed by atoms with van der Waals surface area (Å²) in [5.74, 6) is 2.15. The van der Waals surface area contributed by atoms with E-state index in [1.807, 2.05) is 23.3 Å². The van der Waals surface area contributed by atoms with Gasteiger partial charge >= 0.3 is 0 Å². The Morgan fingerprint density at radius 1 is 0.875 bits per heavy atom. The highest BCUT2D eigenvalue weighted by Gasteiger charge is 1.89. The second kappa shape index (κ2) is 1.68. The topological polar surface area (TPSA) is 0 Å². The van der Waals surface area contributed by atoms with E-state index in [1.165, 1.54) is 0 Å². The molecular weight excluding hydrogens is 110 g/mol. The molecule has 0 bridgehead atoms. The van der Waals surface area contributed by atoms with E-state index in [1.54, 1.807) is 0 Å². The summed E-state index contributed by atoms with van der Waals surface area (Å²) in [7, 11) is 0. The molecule has 0 atom stereocenters. The van der Waals surface area contributed by atoms with E-state index in [0.717, 1.165) is 0 Å². The van der Waals surface area contributed by atoms with Crippen LogP contribution in [0.5, 0.6) is 0 Å². The van der Waals surface area contributed by atoms with Crippen molar-refractivity contribution in [2.24, 2.45) is 0 Å². The van der Waals surface area contributed by atoms with Gasteiger partial charge in [0.1, 0.15) is 0 Å². The monoisotopic (exact) mass is 110 g/mol. The Balaban J connectivity index is 3.28. The van der Waals surface area contributed by atoms with E-state index in [-0.39, 0.29) is 0 Å². The average Bonchev–Trinajstić information content (AvgIpc) is 1.77. The molecule has 0 saturated carbocycles.